The number of hydrogen-bond donors (Lipinski definition) is 2. The van der Waals surface area contributed by atoms with Crippen molar-refractivity contribution < 1.29 is 23.9 Å². The van der Waals surface area contributed by atoms with Crippen molar-refractivity contribution in [3.63, 3.8) is 0 Å². The average Bonchev–Trinajstić information content (AvgIpc) is 3.09. The molecule has 1 aliphatic heterocycles. The Morgan fingerprint density at radius 2 is 1.83 bits per heavy atom. The van der Waals surface area contributed by atoms with E-state index in [0.29, 0.717) is 6.42 Å². The second-order valence-electron chi connectivity index (χ2n) is 8.38. The number of rotatable bonds is 5. The van der Waals surface area contributed by atoms with E-state index in [9.17, 15) is 14.4 Å². The van der Waals surface area contributed by atoms with E-state index in [4.69, 9.17) is 9.47 Å². The van der Waals surface area contributed by atoms with Crippen molar-refractivity contribution in [1.82, 2.24) is 5.32 Å². The van der Waals surface area contributed by atoms with Gasteiger partial charge in [0.05, 0.1) is 19.1 Å². The number of methoxy groups -OCH3 is 1. The van der Waals surface area contributed by atoms with Gasteiger partial charge in [0.25, 0.3) is 0 Å². The van der Waals surface area contributed by atoms with E-state index in [1.807, 2.05) is 36.4 Å². The highest BCUT2D eigenvalue weighted by molar-refractivity contribution is 6.06. The molecule has 0 bridgehead atoms. The van der Waals surface area contributed by atoms with Crippen molar-refractivity contribution in [2.24, 2.45) is 0 Å². The third-order valence-electron chi connectivity index (χ3n) is 5.13. The molecule has 0 saturated carbocycles. The van der Waals surface area contributed by atoms with Gasteiger partial charge in [-0.15, -0.1) is 0 Å². The third kappa shape index (κ3) is 4.25. The van der Waals surface area contributed by atoms with Crippen LogP contribution in [0.1, 0.15) is 45.6 Å². The zero-order valence-corrected chi connectivity index (χ0v) is 17.9. The van der Waals surface area contributed by atoms with Gasteiger partial charge in [0.15, 0.2) is 5.78 Å². The molecule has 0 aliphatic carbocycles. The maximum absolute atomic E-state index is 13.6. The largest absolute Gasteiger partial charge is 0.467 e. The number of ketones is 1. The summed E-state index contributed by atoms with van der Waals surface area (Å²) in [6.07, 6.45) is -0.302. The predicted molar refractivity (Wildman–Crippen MR) is 115 cm³/mol. The Balaban J connectivity index is 2.00. The first-order valence-corrected chi connectivity index (χ1v) is 10.1. The van der Waals surface area contributed by atoms with E-state index in [0.717, 1.165) is 22.0 Å². The summed E-state index contributed by atoms with van der Waals surface area (Å²) in [5, 5.41) is 7.66. The zero-order valence-electron chi connectivity index (χ0n) is 17.9. The van der Waals surface area contributed by atoms with Gasteiger partial charge in [-0.3, -0.25) is 4.79 Å². The molecular formula is C23H28N2O5. The van der Waals surface area contributed by atoms with Gasteiger partial charge >= 0.3 is 12.1 Å². The fourth-order valence-electron chi connectivity index (χ4n) is 3.84. The van der Waals surface area contributed by atoms with Crippen LogP contribution in [0.15, 0.2) is 36.4 Å². The maximum atomic E-state index is 13.6. The second-order valence-corrected chi connectivity index (χ2v) is 8.38. The van der Waals surface area contributed by atoms with Crippen LogP contribution in [0, 0.1) is 0 Å². The first-order chi connectivity index (χ1) is 14.2. The lowest BCUT2D eigenvalue weighted by Crippen LogP contribution is -2.47. The molecule has 0 fully saturated rings. The van der Waals surface area contributed by atoms with Gasteiger partial charge in [-0.25, -0.2) is 9.59 Å². The van der Waals surface area contributed by atoms with Crippen molar-refractivity contribution in [2.45, 2.75) is 57.7 Å². The fraction of sp³-hybridized carbons (Fsp3) is 0.435. The smallest absolute Gasteiger partial charge is 0.408 e. The van der Waals surface area contributed by atoms with Gasteiger partial charge < -0.3 is 20.1 Å². The highest BCUT2D eigenvalue weighted by Crippen LogP contribution is 2.42. The van der Waals surface area contributed by atoms with Crippen molar-refractivity contribution in [2.75, 3.05) is 12.4 Å². The van der Waals surface area contributed by atoms with Crippen molar-refractivity contribution in [1.29, 1.82) is 0 Å². The van der Waals surface area contributed by atoms with Gasteiger partial charge in [0, 0.05) is 5.69 Å². The normalized spacial score (nSPS) is 18.8. The van der Waals surface area contributed by atoms with Crippen LogP contribution in [-0.4, -0.2) is 42.6 Å². The van der Waals surface area contributed by atoms with E-state index < -0.39 is 35.7 Å². The number of alkyl carbamates (subject to hydrolysis) is 1. The SMILES string of the molecule is CC[C@H](NC(=O)OC(C)(C)C)C(=O)C1c2c(ccc3ccccc23)N[C@@H]1C(=O)OC. The Morgan fingerprint density at radius 1 is 1.13 bits per heavy atom. The summed E-state index contributed by atoms with van der Waals surface area (Å²) in [7, 11) is 1.29. The Morgan fingerprint density at radius 3 is 2.47 bits per heavy atom. The number of esters is 1. The molecule has 1 unspecified atom stereocenters. The molecule has 0 spiro atoms. The summed E-state index contributed by atoms with van der Waals surface area (Å²) < 4.78 is 10.3. The molecule has 0 radical (unpaired) electrons. The van der Waals surface area contributed by atoms with E-state index in [1.165, 1.54) is 7.11 Å². The molecule has 1 heterocycles. The van der Waals surface area contributed by atoms with E-state index in [2.05, 4.69) is 10.6 Å². The molecule has 3 atom stereocenters. The summed E-state index contributed by atoms with van der Waals surface area (Å²) in [6.45, 7) is 7.07. The summed E-state index contributed by atoms with van der Waals surface area (Å²) in [4.78, 5) is 38.4. The van der Waals surface area contributed by atoms with Crippen LogP contribution in [0.3, 0.4) is 0 Å². The quantitative estimate of drug-likeness (QED) is 0.726. The van der Waals surface area contributed by atoms with Crippen LogP contribution in [0.25, 0.3) is 10.8 Å². The molecule has 30 heavy (non-hydrogen) atoms. The number of amides is 1. The minimum Gasteiger partial charge on any atom is -0.467 e. The molecule has 2 N–H and O–H groups in total. The Labute approximate surface area is 176 Å². The average molecular weight is 412 g/mol. The number of nitrogens with one attached hydrogen (secondary N) is 2. The summed E-state index contributed by atoms with van der Waals surface area (Å²) in [5.74, 6) is -1.58. The van der Waals surface area contributed by atoms with E-state index in [-0.39, 0.29) is 5.78 Å². The molecule has 160 valence electrons. The van der Waals surface area contributed by atoms with Gasteiger partial charge in [0.2, 0.25) is 0 Å². The Kier molecular flexibility index (Phi) is 6.01. The zero-order chi connectivity index (χ0) is 22.1. The lowest BCUT2D eigenvalue weighted by Gasteiger charge is -2.25. The minimum atomic E-state index is -0.863. The van der Waals surface area contributed by atoms with Crippen LogP contribution >= 0.6 is 0 Å². The number of hydrogen-bond acceptors (Lipinski definition) is 6. The number of benzene rings is 2. The Bertz CT molecular complexity index is 979. The molecule has 0 saturated heterocycles. The fourth-order valence-corrected chi connectivity index (χ4v) is 3.84. The Hall–Kier alpha value is -3.09. The highest BCUT2D eigenvalue weighted by Gasteiger charge is 2.45. The van der Waals surface area contributed by atoms with Crippen LogP contribution in [-0.2, 0) is 19.1 Å². The van der Waals surface area contributed by atoms with Crippen LogP contribution in [0.4, 0.5) is 10.5 Å². The standard InChI is InChI=1S/C23H28N2O5/c1-6-15(25-22(28)30-23(2,3)4)20(26)18-17-14-10-8-7-9-13(14)11-12-16(17)24-19(18)21(27)29-5/h7-12,15,18-19,24H,6H2,1-5H3,(H,25,28)/t15-,18?,19-/m0/s1. The highest BCUT2D eigenvalue weighted by atomic mass is 16.6. The second kappa shape index (κ2) is 8.34. The number of anilines is 1. The molecule has 2 aromatic carbocycles. The topological polar surface area (TPSA) is 93.7 Å². The summed E-state index contributed by atoms with van der Waals surface area (Å²) >= 11 is 0. The molecular weight excluding hydrogens is 384 g/mol. The van der Waals surface area contributed by atoms with Crippen molar-refractivity contribution >= 4 is 34.3 Å². The molecule has 7 nitrogen and oxygen atoms in total. The van der Waals surface area contributed by atoms with Crippen LogP contribution in [0.2, 0.25) is 0 Å². The molecule has 1 amide bonds. The summed E-state index contributed by atoms with van der Waals surface area (Å²) in [5.41, 5.74) is 0.782. The van der Waals surface area contributed by atoms with Gasteiger partial charge in [-0.2, -0.15) is 0 Å². The molecule has 0 aromatic heterocycles. The first-order valence-electron chi connectivity index (χ1n) is 10.1. The predicted octanol–water partition coefficient (Wildman–Crippen LogP) is 3.76. The minimum absolute atomic E-state index is 0.263. The first kappa shape index (κ1) is 21.6. The number of fused-ring (bicyclic) bond motifs is 3. The lowest BCUT2D eigenvalue weighted by atomic mass is 9.84. The van der Waals surface area contributed by atoms with Crippen LogP contribution in [0.5, 0.6) is 0 Å². The van der Waals surface area contributed by atoms with E-state index in [1.54, 1.807) is 27.7 Å². The maximum Gasteiger partial charge on any atom is 0.408 e. The van der Waals surface area contributed by atoms with Gasteiger partial charge in [-0.05, 0) is 49.6 Å². The third-order valence-corrected chi connectivity index (χ3v) is 5.13. The number of carbonyl (C=O) groups excluding carboxylic acids is 3. The number of ether oxygens (including phenoxy) is 2. The van der Waals surface area contributed by atoms with E-state index >= 15 is 0 Å². The van der Waals surface area contributed by atoms with Gasteiger partial charge in [0.1, 0.15) is 11.6 Å². The van der Waals surface area contributed by atoms with Crippen LogP contribution < -0.4 is 10.6 Å². The molecule has 7 heteroatoms. The molecule has 1 aliphatic rings. The molecule has 2 aromatic rings. The summed E-state index contributed by atoms with van der Waals surface area (Å²) in [6, 6.07) is 9.84. The molecule has 3 rings (SSSR count). The monoisotopic (exact) mass is 412 g/mol. The number of carbonyl (C=O) groups is 3. The number of Topliss-reactive ketones (excluding diaryl/α,β-unsaturated/α-hetero) is 1. The van der Waals surface area contributed by atoms with Crippen molar-refractivity contribution in [3.8, 4) is 0 Å². The lowest BCUT2D eigenvalue weighted by molar-refractivity contribution is -0.143. The van der Waals surface area contributed by atoms with Gasteiger partial charge in [-0.1, -0.05) is 37.3 Å². The van der Waals surface area contributed by atoms with Crippen molar-refractivity contribution in [3.05, 3.63) is 42.0 Å².